The minimum absolute atomic E-state index is 0.228. The van der Waals surface area contributed by atoms with E-state index in [0.29, 0.717) is 12.0 Å². The minimum atomic E-state index is 0.228. The Morgan fingerprint density at radius 1 is 1.29 bits per heavy atom. The fraction of sp³-hybridized carbons (Fsp3) is 1.00. The van der Waals surface area contributed by atoms with Crippen LogP contribution in [0.15, 0.2) is 5.11 Å². The van der Waals surface area contributed by atoms with E-state index in [1.54, 1.807) is 0 Å². The quantitative estimate of drug-likeness (QED) is 0.224. The molecule has 1 aliphatic heterocycles. The molecule has 78 valence electrons. The summed E-state index contributed by atoms with van der Waals surface area (Å²) in [4.78, 5) is 2.96. The maximum Gasteiger partial charge on any atom is 0.0812 e. The van der Waals surface area contributed by atoms with Crippen LogP contribution in [-0.4, -0.2) is 18.8 Å². The van der Waals surface area contributed by atoms with E-state index >= 15 is 0 Å². The van der Waals surface area contributed by atoms with Gasteiger partial charge in [0.25, 0.3) is 0 Å². The second kappa shape index (κ2) is 4.67. The van der Waals surface area contributed by atoms with E-state index in [4.69, 9.17) is 10.3 Å². The second-order valence-corrected chi connectivity index (χ2v) is 4.36. The lowest BCUT2D eigenvalue weighted by atomic mass is 9.91. The van der Waals surface area contributed by atoms with Gasteiger partial charge in [-0.15, -0.1) is 0 Å². The summed E-state index contributed by atoms with van der Waals surface area (Å²) < 4.78 is 5.24. The monoisotopic (exact) mass is 195 g/mol. The molecule has 1 saturated carbocycles. The van der Waals surface area contributed by atoms with Gasteiger partial charge in [-0.3, -0.25) is 0 Å². The SMILES string of the molecule is [N-]=[N+]=N[C@@H]1CCCCC[C@H]1C[C@H]1CO1. The van der Waals surface area contributed by atoms with Gasteiger partial charge in [0.15, 0.2) is 0 Å². The molecule has 0 aromatic rings. The zero-order valence-electron chi connectivity index (χ0n) is 8.43. The van der Waals surface area contributed by atoms with Crippen LogP contribution in [0.3, 0.4) is 0 Å². The lowest BCUT2D eigenvalue weighted by molar-refractivity contribution is 0.309. The summed E-state index contributed by atoms with van der Waals surface area (Å²) in [5, 5.41) is 3.93. The van der Waals surface area contributed by atoms with Crippen molar-refractivity contribution < 1.29 is 4.74 Å². The first-order valence-electron chi connectivity index (χ1n) is 5.56. The highest BCUT2D eigenvalue weighted by Crippen LogP contribution is 2.32. The zero-order valence-corrected chi connectivity index (χ0v) is 8.43. The van der Waals surface area contributed by atoms with Crippen LogP contribution in [0.25, 0.3) is 10.4 Å². The van der Waals surface area contributed by atoms with Crippen LogP contribution < -0.4 is 0 Å². The van der Waals surface area contributed by atoms with Gasteiger partial charge in [-0.25, -0.2) is 0 Å². The van der Waals surface area contributed by atoms with Gasteiger partial charge in [0, 0.05) is 11.0 Å². The van der Waals surface area contributed by atoms with Crippen molar-refractivity contribution in [3.63, 3.8) is 0 Å². The molecule has 0 spiro atoms. The van der Waals surface area contributed by atoms with Crippen LogP contribution in [0.5, 0.6) is 0 Å². The first kappa shape index (κ1) is 9.81. The van der Waals surface area contributed by atoms with Gasteiger partial charge in [-0.1, -0.05) is 24.4 Å². The third-order valence-corrected chi connectivity index (χ3v) is 3.29. The maximum absolute atomic E-state index is 8.50. The summed E-state index contributed by atoms with van der Waals surface area (Å²) in [6, 6.07) is 0.228. The standard InChI is InChI=1S/C10H17N3O/c11-13-12-10-5-3-1-2-4-8(10)6-9-7-14-9/h8-10H,1-7H2/t8-,9-,10+/m0/s1. The molecule has 3 atom stereocenters. The molecule has 1 heterocycles. The summed E-state index contributed by atoms with van der Waals surface area (Å²) in [6.07, 6.45) is 7.64. The summed E-state index contributed by atoms with van der Waals surface area (Å²) in [5.41, 5.74) is 8.50. The fourth-order valence-corrected chi connectivity index (χ4v) is 2.40. The lowest BCUT2D eigenvalue weighted by Gasteiger charge is -2.19. The lowest BCUT2D eigenvalue weighted by Crippen LogP contribution is -2.18. The van der Waals surface area contributed by atoms with Crippen molar-refractivity contribution in [2.45, 2.75) is 50.7 Å². The van der Waals surface area contributed by atoms with Gasteiger partial charge in [0.05, 0.1) is 12.7 Å². The Bertz CT molecular complexity index is 234. The van der Waals surface area contributed by atoms with E-state index < -0.39 is 0 Å². The molecule has 0 radical (unpaired) electrons. The van der Waals surface area contributed by atoms with Crippen LogP contribution in [0, 0.1) is 5.92 Å². The van der Waals surface area contributed by atoms with E-state index in [1.165, 1.54) is 25.7 Å². The molecule has 0 bridgehead atoms. The van der Waals surface area contributed by atoms with E-state index in [-0.39, 0.29) is 6.04 Å². The highest BCUT2D eigenvalue weighted by molar-refractivity contribution is 4.84. The Balaban J connectivity index is 1.94. The molecular formula is C10H17N3O. The van der Waals surface area contributed by atoms with Crippen molar-refractivity contribution >= 4 is 0 Å². The number of epoxide rings is 1. The largest absolute Gasteiger partial charge is 0.373 e. The first-order chi connectivity index (χ1) is 6.90. The van der Waals surface area contributed by atoms with Crippen LogP contribution >= 0.6 is 0 Å². The average Bonchev–Trinajstić information content (AvgIpc) is 2.98. The van der Waals surface area contributed by atoms with Gasteiger partial charge in [0.2, 0.25) is 0 Å². The first-order valence-corrected chi connectivity index (χ1v) is 5.56. The highest BCUT2D eigenvalue weighted by atomic mass is 16.6. The number of rotatable bonds is 3. The van der Waals surface area contributed by atoms with Crippen LogP contribution in [-0.2, 0) is 4.74 Å². The second-order valence-electron chi connectivity index (χ2n) is 4.36. The van der Waals surface area contributed by atoms with Crippen molar-refractivity contribution in [2.24, 2.45) is 11.0 Å². The van der Waals surface area contributed by atoms with Gasteiger partial charge in [-0.05, 0) is 30.7 Å². The molecule has 2 fully saturated rings. The van der Waals surface area contributed by atoms with Crippen LogP contribution in [0.4, 0.5) is 0 Å². The molecule has 2 aliphatic rings. The summed E-state index contributed by atoms with van der Waals surface area (Å²) in [7, 11) is 0. The van der Waals surface area contributed by atoms with Crippen molar-refractivity contribution in [2.75, 3.05) is 6.61 Å². The topological polar surface area (TPSA) is 61.3 Å². The van der Waals surface area contributed by atoms with Crippen molar-refractivity contribution in [3.05, 3.63) is 10.4 Å². The molecule has 0 N–H and O–H groups in total. The number of hydrogen-bond donors (Lipinski definition) is 0. The molecule has 0 aromatic carbocycles. The smallest absolute Gasteiger partial charge is 0.0812 e. The Kier molecular flexibility index (Phi) is 3.27. The molecule has 0 unspecified atom stereocenters. The van der Waals surface area contributed by atoms with Crippen molar-refractivity contribution in [1.82, 2.24) is 0 Å². The van der Waals surface area contributed by atoms with E-state index in [9.17, 15) is 0 Å². The number of nitrogens with zero attached hydrogens (tertiary/aromatic N) is 3. The van der Waals surface area contributed by atoms with Gasteiger partial charge >= 0.3 is 0 Å². The van der Waals surface area contributed by atoms with E-state index in [1.807, 2.05) is 0 Å². The van der Waals surface area contributed by atoms with E-state index in [2.05, 4.69) is 10.0 Å². The zero-order chi connectivity index (χ0) is 9.80. The average molecular weight is 195 g/mol. The molecule has 0 amide bonds. The number of azide groups is 1. The van der Waals surface area contributed by atoms with Gasteiger partial charge in [0.1, 0.15) is 0 Å². The van der Waals surface area contributed by atoms with Crippen molar-refractivity contribution in [3.8, 4) is 0 Å². The molecular weight excluding hydrogens is 178 g/mol. The summed E-state index contributed by atoms with van der Waals surface area (Å²) in [6.45, 7) is 0.916. The molecule has 1 aliphatic carbocycles. The fourth-order valence-electron chi connectivity index (χ4n) is 2.40. The molecule has 2 rings (SSSR count). The Hall–Kier alpha value is -0.730. The third kappa shape index (κ3) is 2.63. The number of ether oxygens (including phenoxy) is 1. The van der Waals surface area contributed by atoms with Gasteiger partial charge in [-0.2, -0.15) is 0 Å². The Labute approximate surface area is 84.3 Å². The van der Waals surface area contributed by atoms with E-state index in [0.717, 1.165) is 19.4 Å². The molecule has 0 aromatic heterocycles. The highest BCUT2D eigenvalue weighted by Gasteiger charge is 2.31. The van der Waals surface area contributed by atoms with Crippen LogP contribution in [0.1, 0.15) is 38.5 Å². The Morgan fingerprint density at radius 2 is 2.07 bits per heavy atom. The summed E-state index contributed by atoms with van der Waals surface area (Å²) >= 11 is 0. The van der Waals surface area contributed by atoms with Crippen molar-refractivity contribution in [1.29, 1.82) is 0 Å². The molecule has 4 heteroatoms. The third-order valence-electron chi connectivity index (χ3n) is 3.29. The normalized spacial score (nSPS) is 37.0. The molecule has 1 saturated heterocycles. The predicted molar refractivity (Wildman–Crippen MR) is 53.9 cm³/mol. The summed E-state index contributed by atoms with van der Waals surface area (Å²) in [5.74, 6) is 0.570. The minimum Gasteiger partial charge on any atom is -0.373 e. The molecule has 4 nitrogen and oxygen atoms in total. The maximum atomic E-state index is 8.50. The number of hydrogen-bond acceptors (Lipinski definition) is 2. The Morgan fingerprint density at radius 3 is 2.79 bits per heavy atom. The van der Waals surface area contributed by atoms with Gasteiger partial charge < -0.3 is 4.74 Å². The predicted octanol–water partition coefficient (Wildman–Crippen LogP) is 3.03. The van der Waals surface area contributed by atoms with Crippen LogP contribution in [0.2, 0.25) is 0 Å². The molecule has 14 heavy (non-hydrogen) atoms.